The first-order valence-electron chi connectivity index (χ1n) is 13.8. The minimum absolute atomic E-state index is 0.00679. The Morgan fingerprint density at radius 2 is 1.64 bits per heavy atom. The van der Waals surface area contributed by atoms with Gasteiger partial charge in [0, 0.05) is 12.5 Å². The number of likely N-dealkylation sites (tertiary alicyclic amines) is 1. The third-order valence-electron chi connectivity index (χ3n) is 9.09. The second-order valence-corrected chi connectivity index (χ2v) is 12.0. The number of carbonyl (C=O) groups is 1. The molecule has 1 saturated carbocycles. The van der Waals surface area contributed by atoms with Crippen LogP contribution in [0.25, 0.3) is 10.8 Å². The van der Waals surface area contributed by atoms with Gasteiger partial charge in [0.2, 0.25) is 0 Å². The zero-order valence-corrected chi connectivity index (χ0v) is 22.3. The van der Waals surface area contributed by atoms with E-state index in [1.165, 1.54) is 28.3 Å². The Morgan fingerprint density at radius 3 is 2.42 bits per heavy atom. The van der Waals surface area contributed by atoms with Gasteiger partial charge >= 0.3 is 5.97 Å². The first-order chi connectivity index (χ1) is 17.3. The number of piperidine rings is 1. The van der Waals surface area contributed by atoms with Crippen LogP contribution in [0, 0.1) is 17.8 Å². The van der Waals surface area contributed by atoms with E-state index in [9.17, 15) is 4.79 Å². The molecule has 1 saturated heterocycles. The molecular formula is C33H41NO2. The molecule has 0 N–H and O–H groups in total. The largest absolute Gasteiger partial charge is 0.462 e. The lowest BCUT2D eigenvalue weighted by atomic mass is 9.64. The van der Waals surface area contributed by atoms with Crippen LogP contribution < -0.4 is 0 Å². The van der Waals surface area contributed by atoms with Crippen LogP contribution >= 0.6 is 0 Å². The Labute approximate surface area is 216 Å². The molecule has 3 aromatic rings. The van der Waals surface area contributed by atoms with Crippen LogP contribution in [0.1, 0.15) is 63.5 Å². The predicted molar refractivity (Wildman–Crippen MR) is 148 cm³/mol. The summed E-state index contributed by atoms with van der Waals surface area (Å²) in [4.78, 5) is 16.2. The maximum Gasteiger partial charge on any atom is 0.311 e. The van der Waals surface area contributed by atoms with Crippen molar-refractivity contribution in [3.8, 4) is 0 Å². The standard InChI is InChI=1S/C33H41NO2/c1-23-14-17-30(33(2,3)27-12-6-5-7-13-27)31(20-23)36-32(35)29-22-34(4)19-18-28(29)26-16-15-24-10-8-9-11-25(24)21-26/h5-13,15-16,21,23,28-31H,14,17-20,22H2,1-4H3/t23-,28+,29+,30-,31-/m1/s1. The van der Waals surface area contributed by atoms with Crippen LogP contribution in [0.2, 0.25) is 0 Å². The first kappa shape index (κ1) is 25.0. The highest BCUT2D eigenvalue weighted by Crippen LogP contribution is 2.44. The second-order valence-electron chi connectivity index (χ2n) is 12.0. The molecule has 0 radical (unpaired) electrons. The second kappa shape index (κ2) is 10.4. The average molecular weight is 484 g/mol. The number of nitrogens with zero attached hydrogens (tertiary/aromatic N) is 1. The van der Waals surface area contributed by atoms with E-state index in [2.05, 4.69) is 106 Å². The van der Waals surface area contributed by atoms with Gasteiger partial charge in [-0.25, -0.2) is 0 Å². The maximum atomic E-state index is 13.9. The molecule has 2 aliphatic rings. The maximum absolute atomic E-state index is 13.9. The molecule has 5 rings (SSSR count). The summed E-state index contributed by atoms with van der Waals surface area (Å²) in [5, 5.41) is 2.49. The third kappa shape index (κ3) is 5.09. The average Bonchev–Trinajstić information content (AvgIpc) is 2.89. The summed E-state index contributed by atoms with van der Waals surface area (Å²) in [6, 6.07) is 26.0. The molecule has 3 nitrogen and oxygen atoms in total. The molecule has 0 spiro atoms. The van der Waals surface area contributed by atoms with Gasteiger partial charge in [0.15, 0.2) is 0 Å². The van der Waals surface area contributed by atoms with Gasteiger partial charge in [-0.2, -0.15) is 0 Å². The molecule has 0 bridgehead atoms. The Bertz CT molecular complexity index is 1190. The highest BCUT2D eigenvalue weighted by molar-refractivity contribution is 5.83. The van der Waals surface area contributed by atoms with Crippen LogP contribution in [0.15, 0.2) is 72.8 Å². The van der Waals surface area contributed by atoms with Crippen molar-refractivity contribution in [2.75, 3.05) is 20.1 Å². The Balaban J connectivity index is 1.40. The zero-order valence-electron chi connectivity index (χ0n) is 22.3. The van der Waals surface area contributed by atoms with Crippen molar-refractivity contribution < 1.29 is 9.53 Å². The molecule has 1 aliphatic carbocycles. The number of esters is 1. The van der Waals surface area contributed by atoms with E-state index in [-0.39, 0.29) is 29.3 Å². The molecule has 3 aromatic carbocycles. The summed E-state index contributed by atoms with van der Waals surface area (Å²) in [7, 11) is 2.13. The molecule has 0 amide bonds. The van der Waals surface area contributed by atoms with Crippen molar-refractivity contribution in [1.29, 1.82) is 0 Å². The lowest BCUT2D eigenvalue weighted by molar-refractivity contribution is -0.164. The van der Waals surface area contributed by atoms with Gasteiger partial charge in [0.1, 0.15) is 6.10 Å². The number of ether oxygens (including phenoxy) is 1. The Hall–Kier alpha value is -2.65. The minimum atomic E-state index is -0.136. The molecule has 36 heavy (non-hydrogen) atoms. The molecule has 1 heterocycles. The van der Waals surface area contributed by atoms with Crippen molar-refractivity contribution in [2.24, 2.45) is 17.8 Å². The zero-order chi connectivity index (χ0) is 25.3. The van der Waals surface area contributed by atoms with E-state index in [1.54, 1.807) is 0 Å². The SMILES string of the molecule is C[C@@H]1CC[C@@H](C(C)(C)c2ccccc2)[C@H](OC(=O)[C@H]2CN(C)CC[C@H]2c2ccc3ccccc3c2)C1. The number of rotatable bonds is 5. The van der Waals surface area contributed by atoms with Gasteiger partial charge in [-0.3, -0.25) is 4.79 Å². The first-order valence-corrected chi connectivity index (χ1v) is 13.8. The number of hydrogen-bond donors (Lipinski definition) is 0. The number of fused-ring (bicyclic) bond motifs is 1. The number of hydrogen-bond acceptors (Lipinski definition) is 3. The predicted octanol–water partition coefficient (Wildman–Crippen LogP) is 7.20. The molecule has 3 heteroatoms. The van der Waals surface area contributed by atoms with Crippen LogP contribution in [0.4, 0.5) is 0 Å². The smallest absolute Gasteiger partial charge is 0.311 e. The normalized spacial score (nSPS) is 27.6. The summed E-state index contributed by atoms with van der Waals surface area (Å²) in [6.07, 6.45) is 4.19. The summed E-state index contributed by atoms with van der Waals surface area (Å²) in [5.74, 6) is 0.951. The molecule has 2 fully saturated rings. The lowest BCUT2D eigenvalue weighted by Gasteiger charge is -2.45. The van der Waals surface area contributed by atoms with E-state index in [0.29, 0.717) is 11.8 Å². The van der Waals surface area contributed by atoms with Gasteiger partial charge in [-0.05, 0) is 72.0 Å². The van der Waals surface area contributed by atoms with Gasteiger partial charge in [0.25, 0.3) is 0 Å². The van der Waals surface area contributed by atoms with Crippen molar-refractivity contribution in [2.45, 2.75) is 63.9 Å². The van der Waals surface area contributed by atoms with Crippen LogP contribution in [-0.2, 0) is 14.9 Å². The van der Waals surface area contributed by atoms with E-state index >= 15 is 0 Å². The fraction of sp³-hybridized carbons (Fsp3) is 0.485. The summed E-state index contributed by atoms with van der Waals surface area (Å²) >= 11 is 0. The lowest BCUT2D eigenvalue weighted by Crippen LogP contribution is -2.47. The molecule has 190 valence electrons. The highest BCUT2D eigenvalue weighted by atomic mass is 16.5. The monoisotopic (exact) mass is 483 g/mol. The van der Waals surface area contributed by atoms with Crippen LogP contribution in [0.3, 0.4) is 0 Å². The number of carbonyl (C=O) groups excluding carboxylic acids is 1. The van der Waals surface area contributed by atoms with Crippen molar-refractivity contribution >= 4 is 16.7 Å². The molecular weight excluding hydrogens is 442 g/mol. The van der Waals surface area contributed by atoms with Crippen LogP contribution in [0.5, 0.6) is 0 Å². The van der Waals surface area contributed by atoms with Crippen LogP contribution in [-0.4, -0.2) is 37.1 Å². The highest BCUT2D eigenvalue weighted by Gasteiger charge is 2.44. The van der Waals surface area contributed by atoms with E-state index in [0.717, 1.165) is 32.4 Å². The van der Waals surface area contributed by atoms with Crippen molar-refractivity contribution in [3.63, 3.8) is 0 Å². The van der Waals surface area contributed by atoms with Gasteiger partial charge in [0.05, 0.1) is 5.92 Å². The Kier molecular flexibility index (Phi) is 7.21. The van der Waals surface area contributed by atoms with Crippen molar-refractivity contribution in [1.82, 2.24) is 4.90 Å². The molecule has 5 atom stereocenters. The fourth-order valence-electron chi connectivity index (χ4n) is 6.79. The van der Waals surface area contributed by atoms with Gasteiger partial charge in [-0.1, -0.05) is 100.0 Å². The summed E-state index contributed by atoms with van der Waals surface area (Å²) in [5.41, 5.74) is 2.55. The molecule has 1 aliphatic heterocycles. The van der Waals surface area contributed by atoms with E-state index in [1.807, 2.05) is 0 Å². The number of benzene rings is 3. The third-order valence-corrected chi connectivity index (χ3v) is 9.09. The molecule has 0 unspecified atom stereocenters. The summed E-state index contributed by atoms with van der Waals surface area (Å²) < 4.78 is 6.54. The van der Waals surface area contributed by atoms with E-state index < -0.39 is 0 Å². The summed E-state index contributed by atoms with van der Waals surface area (Å²) in [6.45, 7) is 8.72. The Morgan fingerprint density at radius 1 is 0.917 bits per heavy atom. The fourth-order valence-corrected chi connectivity index (χ4v) is 6.79. The quantitative estimate of drug-likeness (QED) is 0.359. The van der Waals surface area contributed by atoms with Gasteiger partial charge in [-0.15, -0.1) is 0 Å². The molecule has 0 aromatic heterocycles. The van der Waals surface area contributed by atoms with Gasteiger partial charge < -0.3 is 9.64 Å². The van der Waals surface area contributed by atoms with Crippen molar-refractivity contribution in [3.05, 3.63) is 83.9 Å². The van der Waals surface area contributed by atoms with E-state index in [4.69, 9.17) is 4.74 Å². The topological polar surface area (TPSA) is 29.5 Å². The minimum Gasteiger partial charge on any atom is -0.462 e.